The fourth-order valence-corrected chi connectivity index (χ4v) is 11.5. The Morgan fingerprint density at radius 1 is 0.446 bits per heavy atom. The maximum absolute atomic E-state index is 16.9. The molecule has 3 heterocycles. The Bertz CT molecular complexity index is 4140. The number of ether oxygens (including phenoxy) is 1. The van der Waals surface area contributed by atoms with Crippen LogP contribution in [-0.2, 0) is 21.7 Å². The van der Waals surface area contributed by atoms with E-state index in [0.29, 0.717) is 28.3 Å². The van der Waals surface area contributed by atoms with Crippen LogP contribution in [0, 0.1) is 29.1 Å². The van der Waals surface area contributed by atoms with Crippen molar-refractivity contribution >= 4 is 44.6 Å². The van der Waals surface area contributed by atoms with E-state index in [2.05, 4.69) is 164 Å². The molecule has 2 aromatic heterocycles. The van der Waals surface area contributed by atoms with Crippen molar-refractivity contribution < 1.29 is 26.7 Å². The third-order valence-electron chi connectivity index (χ3n) is 16.3. The van der Waals surface area contributed by atoms with Crippen LogP contribution in [0.3, 0.4) is 0 Å². The van der Waals surface area contributed by atoms with Gasteiger partial charge in [-0.2, -0.15) is 0 Å². The fourth-order valence-electron chi connectivity index (χ4n) is 11.5. The zero-order chi connectivity index (χ0) is 59.4. The summed E-state index contributed by atoms with van der Waals surface area (Å²) in [5, 5.41) is 2.13. The average molecular weight is 1120 g/mol. The van der Waals surface area contributed by atoms with Crippen molar-refractivity contribution in [1.82, 2.24) is 9.55 Å². The summed E-state index contributed by atoms with van der Waals surface area (Å²) in [6.07, 6.45) is 1.87. The maximum atomic E-state index is 16.9. The first kappa shape index (κ1) is 56.6. The van der Waals surface area contributed by atoms with Crippen LogP contribution < -0.4 is 14.5 Å². The van der Waals surface area contributed by atoms with E-state index in [1.807, 2.05) is 98.6 Å². The summed E-state index contributed by atoms with van der Waals surface area (Å²) in [6, 6.07) is 50.9. The number of hydrogen-bond donors (Lipinski definition) is 0. The number of fused-ring (bicyclic) bond motifs is 4. The molecule has 0 fully saturated rings. The largest absolute Gasteiger partial charge is 0.457 e. The number of aromatic nitrogens is 2. The summed E-state index contributed by atoms with van der Waals surface area (Å²) in [6.45, 7) is 29.7. The molecule has 0 unspecified atom stereocenters. The SMILES string of the molecule is CC(C)c1ccccc1-c1cc(Oc2ccc3c4ccccc4n(-c4cc(C(C)(C)C)ccn4)c3c2)cc(N2CN(c3c(-c4cc(C(C)(C)C)cc(C(C)(C)C)c4)cc(C(C)(C)C)cc3-c3c(F)c(F)c(F)c(F)c3F)c3ccccc32)c1. The first-order chi connectivity index (χ1) is 39.1. The minimum atomic E-state index is -2.22. The van der Waals surface area contributed by atoms with Crippen molar-refractivity contribution in [3.8, 4) is 50.7 Å². The van der Waals surface area contributed by atoms with Gasteiger partial charge in [0.1, 0.15) is 24.0 Å². The first-order valence-electron chi connectivity index (χ1n) is 28.5. The van der Waals surface area contributed by atoms with E-state index in [9.17, 15) is 0 Å². The summed E-state index contributed by atoms with van der Waals surface area (Å²) in [5.41, 5.74) is 9.99. The molecule has 0 saturated heterocycles. The van der Waals surface area contributed by atoms with Crippen molar-refractivity contribution in [1.29, 1.82) is 0 Å². The minimum Gasteiger partial charge on any atom is -0.457 e. The van der Waals surface area contributed by atoms with E-state index in [-0.39, 0.29) is 40.1 Å². The van der Waals surface area contributed by atoms with Crippen LogP contribution in [-0.4, -0.2) is 16.2 Å². The minimum absolute atomic E-state index is 0.0656. The molecule has 0 saturated carbocycles. The van der Waals surface area contributed by atoms with Gasteiger partial charge in [-0.1, -0.05) is 170 Å². The molecule has 1 aliphatic heterocycles. The Balaban J connectivity index is 1.14. The molecule has 0 radical (unpaired) electrons. The number of para-hydroxylation sites is 3. The molecule has 8 aromatic carbocycles. The summed E-state index contributed by atoms with van der Waals surface area (Å²) in [4.78, 5) is 8.99. The van der Waals surface area contributed by atoms with Gasteiger partial charge in [-0.15, -0.1) is 0 Å². The quantitative estimate of drug-likeness (QED) is 0.0819. The van der Waals surface area contributed by atoms with Gasteiger partial charge in [0.05, 0.1) is 33.7 Å². The molecule has 0 N–H and O–H groups in total. The maximum Gasteiger partial charge on any atom is 0.200 e. The van der Waals surface area contributed by atoms with Crippen molar-refractivity contribution in [3.63, 3.8) is 0 Å². The van der Waals surface area contributed by atoms with Gasteiger partial charge < -0.3 is 14.5 Å². The first-order valence-corrected chi connectivity index (χ1v) is 28.5. The van der Waals surface area contributed by atoms with E-state index in [1.54, 1.807) is 6.07 Å². The molecular formula is C73H71F5N4O. The lowest BCUT2D eigenvalue weighted by Crippen LogP contribution is -2.26. The molecule has 1 aliphatic rings. The van der Waals surface area contributed by atoms with E-state index in [4.69, 9.17) is 9.72 Å². The zero-order valence-corrected chi connectivity index (χ0v) is 49.9. The van der Waals surface area contributed by atoms with Gasteiger partial charge in [-0.05, 0) is 139 Å². The Labute approximate surface area is 485 Å². The second kappa shape index (κ2) is 20.6. The van der Waals surface area contributed by atoms with Crippen LogP contribution in [0.15, 0.2) is 158 Å². The second-order valence-electron chi connectivity index (χ2n) is 26.6. The Morgan fingerprint density at radius 2 is 0.988 bits per heavy atom. The van der Waals surface area contributed by atoms with Crippen LogP contribution in [0.4, 0.5) is 44.7 Å². The van der Waals surface area contributed by atoms with Gasteiger partial charge in [0.25, 0.3) is 0 Å². The zero-order valence-electron chi connectivity index (χ0n) is 49.9. The van der Waals surface area contributed by atoms with Crippen LogP contribution in [0.25, 0.3) is 61.0 Å². The molecule has 0 atom stereocenters. The van der Waals surface area contributed by atoms with Crippen molar-refractivity contribution in [2.45, 2.75) is 125 Å². The molecule has 11 rings (SSSR count). The predicted molar refractivity (Wildman–Crippen MR) is 332 cm³/mol. The van der Waals surface area contributed by atoms with Gasteiger partial charge >= 0.3 is 0 Å². The Morgan fingerprint density at radius 3 is 1.63 bits per heavy atom. The number of nitrogens with zero attached hydrogens (tertiary/aromatic N) is 4. The monoisotopic (exact) mass is 1110 g/mol. The number of hydrogen-bond acceptors (Lipinski definition) is 4. The fraction of sp³-hybridized carbons (Fsp3) is 0.274. The highest BCUT2D eigenvalue weighted by Gasteiger charge is 2.37. The van der Waals surface area contributed by atoms with Crippen LogP contribution >= 0.6 is 0 Å². The van der Waals surface area contributed by atoms with E-state index >= 15 is 22.0 Å². The van der Waals surface area contributed by atoms with Gasteiger partial charge in [0.2, 0.25) is 5.82 Å². The number of benzene rings is 8. The third kappa shape index (κ3) is 10.3. The lowest BCUT2D eigenvalue weighted by atomic mass is 9.77. The highest BCUT2D eigenvalue weighted by atomic mass is 19.2. The molecular weight excluding hydrogens is 1040 g/mol. The summed E-state index contributed by atoms with van der Waals surface area (Å²) >= 11 is 0. The standard InChI is InChI=1S/C73H71F5N4O/c1-42(2)52-21-15-16-22-53(52)44-33-49(39-51(34-44)83-50-27-28-55-54-23-17-18-24-58(54)82(61(55)40-50)62-38-45(29-30-79-62)70(3,4)5)80-41-81(60-26-20-19-25-59(60)80)69-56(43-31-46(71(6,7)8)35-47(32-43)72(9,10)11)36-48(73(12,13)14)37-57(69)63-64(74)66(76)68(78)67(77)65(63)75/h15-40,42H,41H2,1-14H3. The van der Waals surface area contributed by atoms with Gasteiger partial charge in [0, 0.05) is 45.9 Å². The molecule has 10 heteroatoms. The number of pyridine rings is 1. The Kier molecular flexibility index (Phi) is 14.0. The summed E-state index contributed by atoms with van der Waals surface area (Å²) in [5.74, 6) is -7.95. The molecule has 0 bridgehead atoms. The van der Waals surface area contributed by atoms with Crippen molar-refractivity contribution in [2.24, 2.45) is 0 Å². The predicted octanol–water partition coefficient (Wildman–Crippen LogP) is 21.2. The highest BCUT2D eigenvalue weighted by Crippen LogP contribution is 2.54. The second-order valence-corrected chi connectivity index (χ2v) is 26.6. The molecule has 10 aromatic rings. The molecule has 0 amide bonds. The number of halogens is 5. The summed E-state index contributed by atoms with van der Waals surface area (Å²) in [7, 11) is 0. The van der Waals surface area contributed by atoms with Crippen molar-refractivity contribution in [3.05, 3.63) is 215 Å². The number of rotatable bonds is 9. The molecule has 83 heavy (non-hydrogen) atoms. The number of anilines is 4. The lowest BCUT2D eigenvalue weighted by molar-refractivity contribution is 0.381. The van der Waals surface area contributed by atoms with Crippen LogP contribution in [0.2, 0.25) is 0 Å². The molecule has 5 nitrogen and oxygen atoms in total. The molecule has 0 aliphatic carbocycles. The van der Waals surface area contributed by atoms with E-state index in [0.717, 1.165) is 77.9 Å². The molecule has 424 valence electrons. The normalized spacial score (nSPS) is 13.3. The smallest absolute Gasteiger partial charge is 0.200 e. The lowest BCUT2D eigenvalue weighted by Gasteiger charge is -2.32. The van der Waals surface area contributed by atoms with E-state index in [1.165, 1.54) is 0 Å². The van der Waals surface area contributed by atoms with Crippen molar-refractivity contribution in [2.75, 3.05) is 16.5 Å². The van der Waals surface area contributed by atoms with E-state index < -0.39 is 40.1 Å². The molecule has 0 spiro atoms. The summed E-state index contributed by atoms with van der Waals surface area (Å²) < 4.78 is 89.7. The van der Waals surface area contributed by atoms with Crippen LogP contribution in [0.5, 0.6) is 11.5 Å². The average Bonchev–Trinajstić information content (AvgIpc) is 2.46. The third-order valence-corrected chi connectivity index (χ3v) is 16.3. The highest BCUT2D eigenvalue weighted by molar-refractivity contribution is 6.09. The van der Waals surface area contributed by atoms with Crippen LogP contribution in [0.1, 0.15) is 131 Å². The topological polar surface area (TPSA) is 33.5 Å². The van der Waals surface area contributed by atoms with Gasteiger partial charge in [-0.3, -0.25) is 4.57 Å². The van der Waals surface area contributed by atoms with Gasteiger partial charge in [-0.25, -0.2) is 26.9 Å². The van der Waals surface area contributed by atoms with Gasteiger partial charge in [0.15, 0.2) is 23.3 Å². The Hall–Kier alpha value is -8.24.